The predicted octanol–water partition coefficient (Wildman–Crippen LogP) is 2.84. The van der Waals surface area contributed by atoms with Crippen LogP contribution in [0.25, 0.3) is 10.9 Å². The van der Waals surface area contributed by atoms with Crippen LogP contribution in [0, 0.1) is 0 Å². The quantitative estimate of drug-likeness (QED) is 0.912. The van der Waals surface area contributed by atoms with E-state index in [9.17, 15) is 4.79 Å². The fraction of sp³-hybridized carbons (Fsp3) is 0.412. The summed E-state index contributed by atoms with van der Waals surface area (Å²) in [5, 5.41) is 6.83. The molecule has 116 valence electrons. The van der Waals surface area contributed by atoms with Crippen molar-refractivity contribution in [1.82, 2.24) is 15.2 Å². The molecule has 1 aliphatic heterocycles. The second-order valence-electron chi connectivity index (χ2n) is 5.86. The molecule has 1 aromatic carbocycles. The summed E-state index contributed by atoms with van der Waals surface area (Å²) in [6.45, 7) is 1.87. The number of amides is 2. The van der Waals surface area contributed by atoms with Gasteiger partial charge in [-0.25, -0.2) is 4.79 Å². The molecule has 2 aromatic rings. The third kappa shape index (κ3) is 3.54. The zero-order chi connectivity index (χ0) is 15.4. The number of anilines is 1. The Morgan fingerprint density at radius 1 is 1.41 bits per heavy atom. The van der Waals surface area contributed by atoms with E-state index in [1.807, 2.05) is 30.3 Å². The second-order valence-corrected chi connectivity index (χ2v) is 5.86. The van der Waals surface area contributed by atoms with Crippen LogP contribution < -0.4 is 10.6 Å². The van der Waals surface area contributed by atoms with E-state index in [0.717, 1.165) is 23.0 Å². The lowest BCUT2D eigenvalue weighted by Gasteiger charge is -2.19. The molecule has 5 heteroatoms. The summed E-state index contributed by atoms with van der Waals surface area (Å²) in [7, 11) is 2.15. The first-order valence-electron chi connectivity index (χ1n) is 7.82. The van der Waals surface area contributed by atoms with E-state index in [0.29, 0.717) is 12.6 Å². The first kappa shape index (κ1) is 14.8. The van der Waals surface area contributed by atoms with Gasteiger partial charge in [-0.2, -0.15) is 0 Å². The van der Waals surface area contributed by atoms with Gasteiger partial charge in [0, 0.05) is 29.9 Å². The van der Waals surface area contributed by atoms with E-state index in [1.165, 1.54) is 19.4 Å². The molecule has 3 rings (SSSR count). The van der Waals surface area contributed by atoms with Gasteiger partial charge in [0.15, 0.2) is 0 Å². The molecular formula is C17H22N4O. The van der Waals surface area contributed by atoms with Crippen LogP contribution in [0.2, 0.25) is 0 Å². The van der Waals surface area contributed by atoms with Crippen LogP contribution in [0.3, 0.4) is 0 Å². The summed E-state index contributed by atoms with van der Waals surface area (Å²) < 4.78 is 0. The first-order chi connectivity index (χ1) is 10.7. The van der Waals surface area contributed by atoms with Crippen molar-refractivity contribution < 1.29 is 4.79 Å². The number of benzene rings is 1. The lowest BCUT2D eigenvalue weighted by Crippen LogP contribution is -2.34. The molecule has 0 aliphatic carbocycles. The zero-order valence-corrected chi connectivity index (χ0v) is 12.9. The van der Waals surface area contributed by atoms with Gasteiger partial charge in [-0.05, 0) is 57.1 Å². The normalized spacial score (nSPS) is 18.5. The Morgan fingerprint density at radius 3 is 3.14 bits per heavy atom. The number of fused-ring (bicyclic) bond motifs is 1. The van der Waals surface area contributed by atoms with Crippen molar-refractivity contribution in [2.75, 3.05) is 25.5 Å². The van der Waals surface area contributed by atoms with Crippen molar-refractivity contribution in [2.24, 2.45) is 0 Å². The van der Waals surface area contributed by atoms with Crippen LogP contribution in [-0.4, -0.2) is 42.1 Å². The smallest absolute Gasteiger partial charge is 0.319 e. The molecule has 0 bridgehead atoms. The second kappa shape index (κ2) is 6.75. The van der Waals surface area contributed by atoms with Gasteiger partial charge >= 0.3 is 6.03 Å². The minimum atomic E-state index is -0.149. The number of carbonyl (C=O) groups excluding carboxylic acids is 1. The minimum Gasteiger partial charge on any atom is -0.338 e. The van der Waals surface area contributed by atoms with Crippen LogP contribution in [0.4, 0.5) is 10.5 Å². The van der Waals surface area contributed by atoms with E-state index < -0.39 is 0 Å². The van der Waals surface area contributed by atoms with Crippen molar-refractivity contribution >= 4 is 22.6 Å². The largest absolute Gasteiger partial charge is 0.338 e. The molecule has 22 heavy (non-hydrogen) atoms. The topological polar surface area (TPSA) is 57.3 Å². The summed E-state index contributed by atoms with van der Waals surface area (Å²) in [6, 6.07) is 10.1. The average molecular weight is 298 g/mol. The number of nitrogens with zero attached hydrogens (tertiary/aromatic N) is 2. The Morgan fingerprint density at radius 2 is 2.32 bits per heavy atom. The highest BCUT2D eigenvalue weighted by Crippen LogP contribution is 2.18. The number of rotatable bonds is 4. The van der Waals surface area contributed by atoms with E-state index in [2.05, 4.69) is 27.6 Å². The van der Waals surface area contributed by atoms with Gasteiger partial charge < -0.3 is 15.5 Å². The molecule has 0 saturated carbocycles. The van der Waals surface area contributed by atoms with Crippen LogP contribution >= 0.6 is 0 Å². The Labute approximate surface area is 130 Å². The first-order valence-corrected chi connectivity index (χ1v) is 7.82. The van der Waals surface area contributed by atoms with Gasteiger partial charge in [0.25, 0.3) is 0 Å². The number of likely N-dealkylation sites (tertiary alicyclic amines) is 1. The molecule has 1 aliphatic rings. The van der Waals surface area contributed by atoms with Gasteiger partial charge in [-0.1, -0.05) is 6.07 Å². The third-order valence-corrected chi connectivity index (χ3v) is 4.30. The monoisotopic (exact) mass is 298 g/mol. The maximum Gasteiger partial charge on any atom is 0.319 e. The lowest BCUT2D eigenvalue weighted by atomic mass is 10.1. The zero-order valence-electron chi connectivity index (χ0n) is 12.9. The Bertz CT molecular complexity index is 658. The minimum absolute atomic E-state index is 0.149. The molecular weight excluding hydrogens is 276 g/mol. The highest BCUT2D eigenvalue weighted by atomic mass is 16.2. The number of urea groups is 1. The van der Waals surface area contributed by atoms with Gasteiger partial charge in [0.05, 0.1) is 5.52 Å². The molecule has 1 unspecified atom stereocenters. The van der Waals surface area contributed by atoms with Crippen molar-refractivity contribution in [1.29, 1.82) is 0 Å². The summed E-state index contributed by atoms with van der Waals surface area (Å²) in [6.07, 6.45) is 5.27. The van der Waals surface area contributed by atoms with Crippen LogP contribution in [-0.2, 0) is 0 Å². The molecule has 0 spiro atoms. The Kier molecular flexibility index (Phi) is 4.53. The molecule has 1 saturated heterocycles. The van der Waals surface area contributed by atoms with Crippen LogP contribution in [0.1, 0.15) is 19.3 Å². The number of hydrogen-bond donors (Lipinski definition) is 2. The fourth-order valence-corrected chi connectivity index (χ4v) is 3.02. The summed E-state index contributed by atoms with van der Waals surface area (Å²) >= 11 is 0. The molecule has 2 heterocycles. The SMILES string of the molecule is CN1CCCC1CCNC(=O)Nc1ccc2ncccc2c1. The van der Waals surface area contributed by atoms with E-state index in [1.54, 1.807) is 6.20 Å². The summed E-state index contributed by atoms with van der Waals surface area (Å²) in [5.41, 5.74) is 1.72. The fourth-order valence-electron chi connectivity index (χ4n) is 3.02. The van der Waals surface area contributed by atoms with Crippen molar-refractivity contribution in [2.45, 2.75) is 25.3 Å². The van der Waals surface area contributed by atoms with E-state index in [-0.39, 0.29) is 6.03 Å². The predicted molar refractivity (Wildman–Crippen MR) is 89.0 cm³/mol. The third-order valence-electron chi connectivity index (χ3n) is 4.30. The van der Waals surface area contributed by atoms with Crippen molar-refractivity contribution in [3.8, 4) is 0 Å². The van der Waals surface area contributed by atoms with E-state index in [4.69, 9.17) is 0 Å². The standard InChI is InChI=1S/C17H22N4O/c1-21-11-3-5-15(21)8-10-19-17(22)20-14-6-7-16-13(12-14)4-2-9-18-16/h2,4,6-7,9,12,15H,3,5,8,10-11H2,1H3,(H2,19,20,22). The molecule has 5 nitrogen and oxygen atoms in total. The number of carbonyl (C=O) groups is 1. The number of pyridine rings is 1. The van der Waals surface area contributed by atoms with Gasteiger partial charge in [0.2, 0.25) is 0 Å². The maximum atomic E-state index is 12.0. The number of hydrogen-bond acceptors (Lipinski definition) is 3. The van der Waals surface area contributed by atoms with Crippen molar-refractivity contribution in [3.05, 3.63) is 36.5 Å². The Balaban J connectivity index is 1.50. The van der Waals surface area contributed by atoms with Crippen LogP contribution in [0.5, 0.6) is 0 Å². The van der Waals surface area contributed by atoms with Gasteiger partial charge in [-0.15, -0.1) is 0 Å². The molecule has 0 radical (unpaired) electrons. The summed E-state index contributed by atoms with van der Waals surface area (Å²) in [5.74, 6) is 0. The molecule has 1 atom stereocenters. The summed E-state index contributed by atoms with van der Waals surface area (Å²) in [4.78, 5) is 18.6. The van der Waals surface area contributed by atoms with Crippen LogP contribution in [0.15, 0.2) is 36.5 Å². The van der Waals surface area contributed by atoms with Crippen molar-refractivity contribution in [3.63, 3.8) is 0 Å². The molecule has 1 fully saturated rings. The maximum absolute atomic E-state index is 12.0. The number of nitrogens with one attached hydrogen (secondary N) is 2. The number of aromatic nitrogens is 1. The van der Waals surface area contributed by atoms with Gasteiger partial charge in [0.1, 0.15) is 0 Å². The molecule has 2 amide bonds. The van der Waals surface area contributed by atoms with E-state index >= 15 is 0 Å². The lowest BCUT2D eigenvalue weighted by molar-refractivity contribution is 0.249. The molecule has 1 aromatic heterocycles. The Hall–Kier alpha value is -2.14. The van der Waals surface area contributed by atoms with Gasteiger partial charge in [-0.3, -0.25) is 4.98 Å². The molecule has 2 N–H and O–H groups in total. The average Bonchev–Trinajstić information content (AvgIpc) is 2.92. The highest BCUT2D eigenvalue weighted by Gasteiger charge is 2.20. The highest BCUT2D eigenvalue weighted by molar-refractivity contribution is 5.92.